The molecule has 0 spiro atoms. The van der Waals surface area contributed by atoms with Crippen LogP contribution in [0.1, 0.15) is 12.0 Å². The minimum atomic E-state index is -3.17. The highest BCUT2D eigenvalue weighted by Crippen LogP contribution is 2.36. The van der Waals surface area contributed by atoms with Crippen molar-refractivity contribution in [2.45, 2.75) is 12.3 Å². The lowest BCUT2D eigenvalue weighted by Crippen LogP contribution is -2.17. The molecule has 0 aliphatic carbocycles. The van der Waals surface area contributed by atoms with E-state index >= 15 is 0 Å². The Morgan fingerprint density at radius 2 is 2.20 bits per heavy atom. The van der Waals surface area contributed by atoms with E-state index in [0.717, 1.165) is 6.07 Å². The van der Waals surface area contributed by atoms with Gasteiger partial charge in [-0.2, -0.15) is 0 Å². The predicted molar refractivity (Wildman–Crippen MR) is 51.4 cm³/mol. The van der Waals surface area contributed by atoms with Crippen molar-refractivity contribution < 1.29 is 18.6 Å². The van der Waals surface area contributed by atoms with Crippen molar-refractivity contribution >= 4 is 11.6 Å². The molecule has 0 atom stereocenters. The van der Waals surface area contributed by atoms with Gasteiger partial charge in [0.25, 0.3) is 5.92 Å². The molecule has 0 bridgehead atoms. The molecule has 0 aliphatic heterocycles. The second-order valence-electron chi connectivity index (χ2n) is 2.87. The molecular weight excluding hydrogens is 228 g/mol. The highest BCUT2D eigenvalue weighted by molar-refractivity contribution is 6.29. The molecule has 1 rings (SSSR count). The number of alkyl halides is 2. The van der Waals surface area contributed by atoms with E-state index in [1.165, 1.54) is 13.2 Å². The second kappa shape index (κ2) is 4.72. The first kappa shape index (κ1) is 12.1. The zero-order valence-corrected chi connectivity index (χ0v) is 8.76. The van der Waals surface area contributed by atoms with Gasteiger partial charge in [0.05, 0.1) is 12.7 Å². The maximum absolute atomic E-state index is 13.4. The number of aliphatic hydroxyl groups is 1. The molecule has 1 aromatic heterocycles. The summed E-state index contributed by atoms with van der Waals surface area (Å²) >= 11 is 5.54. The van der Waals surface area contributed by atoms with E-state index in [4.69, 9.17) is 21.4 Å². The summed E-state index contributed by atoms with van der Waals surface area (Å²) in [7, 11) is 1.23. The van der Waals surface area contributed by atoms with E-state index in [9.17, 15) is 8.78 Å². The van der Waals surface area contributed by atoms with Gasteiger partial charge in [0.15, 0.2) is 0 Å². The summed E-state index contributed by atoms with van der Waals surface area (Å²) in [5, 5.41) is 8.59. The molecular formula is C9H10ClF2NO2. The van der Waals surface area contributed by atoms with Crippen molar-refractivity contribution in [3.05, 3.63) is 22.8 Å². The first-order valence-corrected chi connectivity index (χ1v) is 4.58. The molecule has 6 heteroatoms. The number of aliphatic hydroxyl groups excluding tert-OH is 1. The van der Waals surface area contributed by atoms with Crippen molar-refractivity contribution in [2.75, 3.05) is 13.7 Å². The van der Waals surface area contributed by atoms with Crippen LogP contribution in [0.2, 0.25) is 5.15 Å². The van der Waals surface area contributed by atoms with E-state index in [-0.39, 0.29) is 16.6 Å². The fourth-order valence-electron chi connectivity index (χ4n) is 1.13. The highest BCUT2D eigenvalue weighted by atomic mass is 35.5. The number of hydrogen-bond donors (Lipinski definition) is 1. The Kier molecular flexibility index (Phi) is 3.82. The van der Waals surface area contributed by atoms with Crippen LogP contribution in [-0.4, -0.2) is 23.8 Å². The molecule has 0 unspecified atom stereocenters. The van der Waals surface area contributed by atoms with Gasteiger partial charge in [-0.1, -0.05) is 11.6 Å². The number of rotatable bonds is 4. The standard InChI is InChI=1S/C9H10ClF2NO2/c1-15-8-6(2-3-7(10)13-8)9(11,12)4-5-14/h2-3,14H,4-5H2,1H3. The topological polar surface area (TPSA) is 42.4 Å². The molecule has 0 saturated heterocycles. The molecule has 0 aromatic carbocycles. The van der Waals surface area contributed by atoms with Gasteiger partial charge < -0.3 is 9.84 Å². The minimum Gasteiger partial charge on any atom is -0.481 e. The molecule has 1 N–H and O–H groups in total. The van der Waals surface area contributed by atoms with Gasteiger partial charge in [-0.05, 0) is 12.1 Å². The van der Waals surface area contributed by atoms with E-state index < -0.39 is 19.0 Å². The summed E-state index contributed by atoms with van der Waals surface area (Å²) in [5.41, 5.74) is -0.372. The monoisotopic (exact) mass is 237 g/mol. The fraction of sp³-hybridized carbons (Fsp3) is 0.444. The van der Waals surface area contributed by atoms with Crippen LogP contribution in [0.15, 0.2) is 12.1 Å². The number of pyridine rings is 1. The van der Waals surface area contributed by atoms with Gasteiger partial charge in [0.1, 0.15) is 5.15 Å². The van der Waals surface area contributed by atoms with Crippen LogP contribution >= 0.6 is 11.6 Å². The normalized spacial score (nSPS) is 11.5. The summed E-state index contributed by atoms with van der Waals surface area (Å²) in [4.78, 5) is 3.62. The van der Waals surface area contributed by atoms with Crippen molar-refractivity contribution in [1.29, 1.82) is 0 Å². The number of halogens is 3. The lowest BCUT2D eigenvalue weighted by atomic mass is 10.1. The second-order valence-corrected chi connectivity index (χ2v) is 3.26. The zero-order chi connectivity index (χ0) is 11.5. The van der Waals surface area contributed by atoms with Gasteiger partial charge in [0.2, 0.25) is 5.88 Å². The summed E-state index contributed by atoms with van der Waals surface area (Å²) in [5.74, 6) is -3.39. The highest BCUT2D eigenvalue weighted by Gasteiger charge is 2.34. The van der Waals surface area contributed by atoms with Crippen LogP contribution in [-0.2, 0) is 5.92 Å². The Morgan fingerprint density at radius 3 is 2.73 bits per heavy atom. The molecule has 1 aromatic rings. The van der Waals surface area contributed by atoms with Gasteiger partial charge in [0, 0.05) is 13.0 Å². The summed E-state index contributed by atoms with van der Waals surface area (Å²) in [6.45, 7) is -0.612. The van der Waals surface area contributed by atoms with Gasteiger partial charge in [-0.3, -0.25) is 0 Å². The van der Waals surface area contributed by atoms with Crippen LogP contribution in [0.5, 0.6) is 5.88 Å². The average molecular weight is 238 g/mol. The quantitative estimate of drug-likeness (QED) is 0.817. The predicted octanol–water partition coefficient (Wildman–Crippen LogP) is 2.22. The molecule has 15 heavy (non-hydrogen) atoms. The van der Waals surface area contributed by atoms with E-state index in [0.29, 0.717) is 0 Å². The maximum atomic E-state index is 13.4. The van der Waals surface area contributed by atoms with E-state index in [1.807, 2.05) is 0 Å². The molecule has 84 valence electrons. The van der Waals surface area contributed by atoms with Crippen LogP contribution in [0.4, 0.5) is 8.78 Å². The van der Waals surface area contributed by atoms with E-state index in [1.54, 1.807) is 0 Å². The van der Waals surface area contributed by atoms with Gasteiger partial charge >= 0.3 is 0 Å². The first-order valence-electron chi connectivity index (χ1n) is 4.21. The third kappa shape index (κ3) is 2.76. The van der Waals surface area contributed by atoms with Crippen LogP contribution in [0.3, 0.4) is 0 Å². The Bertz CT molecular complexity index is 347. The Labute approximate surface area is 90.7 Å². The summed E-state index contributed by atoms with van der Waals surface area (Å²) in [6, 6.07) is 2.40. The summed E-state index contributed by atoms with van der Waals surface area (Å²) < 4.78 is 31.5. The van der Waals surface area contributed by atoms with E-state index in [2.05, 4.69) is 4.98 Å². The Hall–Kier alpha value is -0.940. The van der Waals surface area contributed by atoms with Gasteiger partial charge in [-0.15, -0.1) is 0 Å². The minimum absolute atomic E-state index is 0.0791. The van der Waals surface area contributed by atoms with Crippen molar-refractivity contribution in [3.8, 4) is 5.88 Å². The molecule has 0 fully saturated rings. The van der Waals surface area contributed by atoms with Crippen LogP contribution < -0.4 is 4.74 Å². The Morgan fingerprint density at radius 1 is 1.53 bits per heavy atom. The van der Waals surface area contributed by atoms with Gasteiger partial charge in [-0.25, -0.2) is 13.8 Å². The average Bonchev–Trinajstić information content (AvgIpc) is 2.17. The number of methoxy groups -OCH3 is 1. The fourth-order valence-corrected chi connectivity index (χ4v) is 1.27. The molecule has 0 saturated carbocycles. The molecule has 0 amide bonds. The lowest BCUT2D eigenvalue weighted by molar-refractivity contribution is -0.0292. The third-order valence-electron chi connectivity index (χ3n) is 1.84. The lowest BCUT2D eigenvalue weighted by Gasteiger charge is -2.17. The van der Waals surface area contributed by atoms with Crippen molar-refractivity contribution in [3.63, 3.8) is 0 Å². The maximum Gasteiger partial charge on any atom is 0.280 e. The van der Waals surface area contributed by atoms with Crippen LogP contribution in [0, 0.1) is 0 Å². The number of aromatic nitrogens is 1. The van der Waals surface area contributed by atoms with Crippen LogP contribution in [0.25, 0.3) is 0 Å². The number of ether oxygens (including phenoxy) is 1. The van der Waals surface area contributed by atoms with Crippen molar-refractivity contribution in [1.82, 2.24) is 4.98 Å². The first-order chi connectivity index (χ1) is 7.01. The molecule has 3 nitrogen and oxygen atoms in total. The third-order valence-corrected chi connectivity index (χ3v) is 2.05. The molecule has 0 aliphatic rings. The molecule has 1 heterocycles. The molecule has 0 radical (unpaired) electrons. The zero-order valence-electron chi connectivity index (χ0n) is 8.01. The van der Waals surface area contributed by atoms with Crippen molar-refractivity contribution in [2.24, 2.45) is 0 Å². The smallest absolute Gasteiger partial charge is 0.280 e. The Balaban J connectivity index is 3.12. The SMILES string of the molecule is COc1nc(Cl)ccc1C(F)(F)CCO. The largest absolute Gasteiger partial charge is 0.481 e. The number of hydrogen-bond acceptors (Lipinski definition) is 3. The number of nitrogens with zero attached hydrogens (tertiary/aromatic N) is 1. The summed E-state index contributed by atoms with van der Waals surface area (Å²) in [6.07, 6.45) is -0.674.